The predicted molar refractivity (Wildman–Crippen MR) is 81.6 cm³/mol. The average Bonchev–Trinajstić information content (AvgIpc) is 2.48. The van der Waals surface area contributed by atoms with E-state index in [1.54, 1.807) is 36.5 Å². The second-order valence-corrected chi connectivity index (χ2v) is 4.86. The van der Waals surface area contributed by atoms with Crippen LogP contribution >= 0.6 is 0 Å². The summed E-state index contributed by atoms with van der Waals surface area (Å²) in [5.74, 6) is 0.986. The molecule has 0 atom stereocenters. The maximum absolute atomic E-state index is 12.0. The van der Waals surface area contributed by atoms with Crippen LogP contribution in [0, 0.1) is 0 Å². The van der Waals surface area contributed by atoms with Crippen LogP contribution in [0.25, 0.3) is 0 Å². The Labute approximate surface area is 124 Å². The van der Waals surface area contributed by atoms with Crippen molar-refractivity contribution in [2.24, 2.45) is 0 Å². The molecule has 2 rings (SSSR count). The first kappa shape index (κ1) is 15.0. The lowest BCUT2D eigenvalue weighted by atomic mass is 10.2. The normalized spacial score (nSPS) is 10.4. The van der Waals surface area contributed by atoms with Gasteiger partial charge in [-0.05, 0) is 38.4 Å². The van der Waals surface area contributed by atoms with Crippen molar-refractivity contribution in [2.75, 3.05) is 27.2 Å². The fourth-order valence-corrected chi connectivity index (χ4v) is 1.72. The molecule has 0 unspecified atom stereocenters. The molecule has 0 aliphatic carbocycles. The molecule has 0 saturated carbocycles. The van der Waals surface area contributed by atoms with Crippen molar-refractivity contribution in [3.8, 4) is 11.6 Å². The van der Waals surface area contributed by atoms with E-state index in [1.807, 2.05) is 31.1 Å². The lowest BCUT2D eigenvalue weighted by molar-refractivity contribution is 0.0950. The smallest absolute Gasteiger partial charge is 0.251 e. The standard InChI is InChI=1S/C16H19N3O2/c1-19(2)11-10-18-16(20)13-6-5-7-14(12-13)21-15-8-3-4-9-17-15/h3-9,12H,10-11H2,1-2H3,(H,18,20). The number of rotatable bonds is 6. The van der Waals surface area contributed by atoms with Gasteiger partial charge >= 0.3 is 0 Å². The number of likely N-dealkylation sites (N-methyl/N-ethyl adjacent to an activating group) is 1. The van der Waals surface area contributed by atoms with Crippen molar-refractivity contribution >= 4 is 5.91 Å². The van der Waals surface area contributed by atoms with Crippen molar-refractivity contribution < 1.29 is 9.53 Å². The molecule has 0 spiro atoms. The zero-order valence-corrected chi connectivity index (χ0v) is 12.2. The molecule has 1 aromatic heterocycles. The number of pyridine rings is 1. The first-order valence-electron chi connectivity index (χ1n) is 6.77. The number of hydrogen-bond acceptors (Lipinski definition) is 4. The monoisotopic (exact) mass is 285 g/mol. The zero-order chi connectivity index (χ0) is 15.1. The van der Waals surface area contributed by atoms with E-state index in [0.29, 0.717) is 23.7 Å². The molecule has 1 amide bonds. The number of benzene rings is 1. The molecular weight excluding hydrogens is 266 g/mol. The molecule has 0 saturated heterocycles. The summed E-state index contributed by atoms with van der Waals surface area (Å²) in [6.07, 6.45) is 1.66. The third-order valence-electron chi connectivity index (χ3n) is 2.80. The Morgan fingerprint density at radius 2 is 2.10 bits per heavy atom. The highest BCUT2D eigenvalue weighted by Crippen LogP contribution is 2.19. The number of aromatic nitrogens is 1. The van der Waals surface area contributed by atoms with Crippen LogP contribution in [0.4, 0.5) is 0 Å². The van der Waals surface area contributed by atoms with Gasteiger partial charge < -0.3 is 15.0 Å². The first-order chi connectivity index (χ1) is 10.1. The van der Waals surface area contributed by atoms with Gasteiger partial charge in [-0.3, -0.25) is 4.79 Å². The van der Waals surface area contributed by atoms with Crippen molar-refractivity contribution in [2.45, 2.75) is 0 Å². The Bertz CT molecular complexity index is 585. The van der Waals surface area contributed by atoms with E-state index in [2.05, 4.69) is 10.3 Å². The van der Waals surface area contributed by atoms with Gasteiger partial charge in [-0.1, -0.05) is 12.1 Å². The van der Waals surface area contributed by atoms with Crippen LogP contribution in [0.1, 0.15) is 10.4 Å². The Hall–Kier alpha value is -2.40. The molecule has 1 aromatic carbocycles. The van der Waals surface area contributed by atoms with E-state index in [0.717, 1.165) is 6.54 Å². The summed E-state index contributed by atoms with van der Waals surface area (Å²) in [5.41, 5.74) is 0.571. The lowest BCUT2D eigenvalue weighted by Crippen LogP contribution is -2.31. The van der Waals surface area contributed by atoms with Gasteiger partial charge in [0.05, 0.1) is 0 Å². The van der Waals surface area contributed by atoms with Crippen LogP contribution in [0.5, 0.6) is 11.6 Å². The molecule has 110 valence electrons. The van der Waals surface area contributed by atoms with Crippen LogP contribution < -0.4 is 10.1 Å². The van der Waals surface area contributed by atoms with Gasteiger partial charge in [-0.2, -0.15) is 0 Å². The van der Waals surface area contributed by atoms with E-state index >= 15 is 0 Å². The fraction of sp³-hybridized carbons (Fsp3) is 0.250. The van der Waals surface area contributed by atoms with Gasteiger partial charge in [0, 0.05) is 30.9 Å². The number of amides is 1. The van der Waals surface area contributed by atoms with E-state index < -0.39 is 0 Å². The number of hydrogen-bond donors (Lipinski definition) is 1. The molecule has 0 fully saturated rings. The minimum absolute atomic E-state index is 0.108. The van der Waals surface area contributed by atoms with E-state index in [1.165, 1.54) is 0 Å². The second kappa shape index (κ2) is 7.40. The van der Waals surface area contributed by atoms with Gasteiger partial charge in [-0.15, -0.1) is 0 Å². The summed E-state index contributed by atoms with van der Waals surface area (Å²) in [4.78, 5) is 18.1. The summed E-state index contributed by atoms with van der Waals surface area (Å²) < 4.78 is 5.61. The lowest BCUT2D eigenvalue weighted by Gasteiger charge is -2.11. The molecular formula is C16H19N3O2. The van der Waals surface area contributed by atoms with Crippen molar-refractivity contribution in [3.05, 3.63) is 54.2 Å². The molecule has 2 aromatic rings. The maximum atomic E-state index is 12.0. The number of carbonyl (C=O) groups excluding carboxylic acids is 1. The van der Waals surface area contributed by atoms with Crippen molar-refractivity contribution in [1.82, 2.24) is 15.2 Å². The predicted octanol–water partition coefficient (Wildman–Crippen LogP) is 2.17. The Kier molecular flexibility index (Phi) is 5.29. The molecule has 21 heavy (non-hydrogen) atoms. The molecule has 0 bridgehead atoms. The fourth-order valence-electron chi connectivity index (χ4n) is 1.72. The Morgan fingerprint density at radius 1 is 1.24 bits per heavy atom. The van der Waals surface area contributed by atoms with Crippen LogP contribution in [0.2, 0.25) is 0 Å². The van der Waals surface area contributed by atoms with Gasteiger partial charge in [0.1, 0.15) is 5.75 Å². The van der Waals surface area contributed by atoms with Crippen LogP contribution in [0.15, 0.2) is 48.7 Å². The molecule has 0 aliphatic rings. The van der Waals surface area contributed by atoms with Gasteiger partial charge in [0.2, 0.25) is 5.88 Å². The summed E-state index contributed by atoms with van der Waals surface area (Å²) in [7, 11) is 3.93. The number of nitrogens with zero attached hydrogens (tertiary/aromatic N) is 2. The number of nitrogens with one attached hydrogen (secondary N) is 1. The van der Waals surface area contributed by atoms with Crippen LogP contribution in [0.3, 0.4) is 0 Å². The first-order valence-corrected chi connectivity index (χ1v) is 6.77. The highest BCUT2D eigenvalue weighted by molar-refractivity contribution is 5.94. The minimum atomic E-state index is -0.108. The van der Waals surface area contributed by atoms with Gasteiger partial charge in [-0.25, -0.2) is 4.98 Å². The van der Waals surface area contributed by atoms with Gasteiger partial charge in [0.15, 0.2) is 0 Å². The molecule has 0 aliphatic heterocycles. The number of ether oxygens (including phenoxy) is 1. The average molecular weight is 285 g/mol. The summed E-state index contributed by atoms with van der Waals surface area (Å²) in [5, 5.41) is 2.87. The number of carbonyl (C=O) groups is 1. The van der Waals surface area contributed by atoms with Crippen molar-refractivity contribution in [3.63, 3.8) is 0 Å². The summed E-state index contributed by atoms with van der Waals surface area (Å²) in [6, 6.07) is 12.5. The van der Waals surface area contributed by atoms with Gasteiger partial charge in [0.25, 0.3) is 5.91 Å². The van der Waals surface area contributed by atoms with Crippen LogP contribution in [-0.4, -0.2) is 43.0 Å². The van der Waals surface area contributed by atoms with E-state index in [4.69, 9.17) is 4.74 Å². The zero-order valence-electron chi connectivity index (χ0n) is 12.2. The quantitative estimate of drug-likeness (QED) is 0.883. The van der Waals surface area contributed by atoms with Crippen molar-refractivity contribution in [1.29, 1.82) is 0 Å². The second-order valence-electron chi connectivity index (χ2n) is 4.86. The largest absolute Gasteiger partial charge is 0.439 e. The topological polar surface area (TPSA) is 54.5 Å². The maximum Gasteiger partial charge on any atom is 0.251 e. The molecule has 5 nitrogen and oxygen atoms in total. The SMILES string of the molecule is CN(C)CCNC(=O)c1cccc(Oc2ccccn2)c1. The Balaban J connectivity index is 1.98. The highest BCUT2D eigenvalue weighted by Gasteiger charge is 2.07. The third-order valence-corrected chi connectivity index (χ3v) is 2.80. The Morgan fingerprint density at radius 3 is 2.81 bits per heavy atom. The molecule has 1 heterocycles. The highest BCUT2D eigenvalue weighted by atomic mass is 16.5. The summed E-state index contributed by atoms with van der Waals surface area (Å²) in [6.45, 7) is 1.41. The third kappa shape index (κ3) is 4.89. The molecule has 5 heteroatoms. The minimum Gasteiger partial charge on any atom is -0.439 e. The molecule has 1 N–H and O–H groups in total. The summed E-state index contributed by atoms with van der Waals surface area (Å²) >= 11 is 0. The molecule has 0 radical (unpaired) electrons. The van der Waals surface area contributed by atoms with Crippen LogP contribution in [-0.2, 0) is 0 Å². The van der Waals surface area contributed by atoms with E-state index in [-0.39, 0.29) is 5.91 Å². The van der Waals surface area contributed by atoms with E-state index in [9.17, 15) is 4.79 Å².